The highest BCUT2D eigenvalue weighted by Gasteiger charge is 2.29. The topological polar surface area (TPSA) is 50.6 Å². The number of carbonyl (C=O) groups excluding carboxylic acids is 1. The summed E-state index contributed by atoms with van der Waals surface area (Å²) in [6, 6.07) is 0.847. The quantitative estimate of drug-likeness (QED) is 0.596. The summed E-state index contributed by atoms with van der Waals surface area (Å²) in [5.74, 6) is 0.327. The van der Waals surface area contributed by atoms with E-state index in [0.717, 1.165) is 45.7 Å². The molecule has 2 aliphatic rings. The van der Waals surface area contributed by atoms with Crippen molar-refractivity contribution in [2.75, 3.05) is 45.9 Å². The lowest BCUT2D eigenvalue weighted by atomic mass is 9.97. The Morgan fingerprint density at radius 2 is 1.90 bits per heavy atom. The third-order valence-electron chi connectivity index (χ3n) is 4.94. The molecular weight excluding hydrogens is 266 g/mol. The van der Waals surface area contributed by atoms with E-state index in [-0.39, 0.29) is 0 Å². The van der Waals surface area contributed by atoms with E-state index in [1.54, 1.807) is 4.90 Å². The van der Waals surface area contributed by atoms with E-state index in [9.17, 15) is 4.79 Å². The number of hydrogen-bond donors (Lipinski definition) is 2. The highest BCUT2D eigenvalue weighted by atomic mass is 16.5. The molecule has 2 atom stereocenters. The van der Waals surface area contributed by atoms with Crippen LogP contribution >= 0.6 is 0 Å². The Bertz CT molecular complexity index is 309. The first kappa shape index (κ1) is 16.7. The smallest absolute Gasteiger partial charge is 0.278 e. The molecule has 2 aliphatic heterocycles. The van der Waals surface area contributed by atoms with Crippen molar-refractivity contribution in [3.8, 4) is 0 Å². The zero-order valence-electron chi connectivity index (χ0n) is 13.8. The summed E-state index contributed by atoms with van der Waals surface area (Å²) in [4.78, 5) is 16.1. The van der Waals surface area contributed by atoms with Crippen LogP contribution in [0.15, 0.2) is 0 Å². The maximum atomic E-state index is 12.4. The molecule has 5 heteroatoms. The van der Waals surface area contributed by atoms with Gasteiger partial charge in [0.05, 0.1) is 26.3 Å². The number of ether oxygens (including phenoxy) is 1. The first-order chi connectivity index (χ1) is 10.2. The maximum Gasteiger partial charge on any atom is 0.278 e. The van der Waals surface area contributed by atoms with Crippen LogP contribution < -0.4 is 10.2 Å². The maximum absolute atomic E-state index is 12.4. The van der Waals surface area contributed by atoms with E-state index in [0.29, 0.717) is 24.5 Å². The number of nitrogens with two attached hydrogens (primary N) is 1. The van der Waals surface area contributed by atoms with Crippen molar-refractivity contribution in [2.24, 2.45) is 0 Å². The number of morpholine rings is 1. The molecule has 21 heavy (non-hydrogen) atoms. The van der Waals surface area contributed by atoms with E-state index in [2.05, 4.69) is 24.1 Å². The van der Waals surface area contributed by atoms with Crippen molar-refractivity contribution >= 4 is 5.91 Å². The van der Waals surface area contributed by atoms with E-state index in [1.165, 1.54) is 19.4 Å². The average Bonchev–Trinajstić information content (AvgIpc) is 2.48. The number of nitrogens with one attached hydrogen (secondary N) is 1. The number of hydrogen-bond acceptors (Lipinski definition) is 2. The molecule has 2 heterocycles. The minimum absolute atomic E-state index is 0.327. The van der Waals surface area contributed by atoms with E-state index < -0.39 is 0 Å². The van der Waals surface area contributed by atoms with Crippen molar-refractivity contribution in [3.05, 3.63) is 0 Å². The lowest BCUT2D eigenvalue weighted by molar-refractivity contribution is -0.909. The second-order valence-corrected chi connectivity index (χ2v) is 6.68. The molecular formula is C16H33N3O2+2. The predicted molar refractivity (Wildman–Crippen MR) is 82.3 cm³/mol. The summed E-state index contributed by atoms with van der Waals surface area (Å²) in [7, 11) is 0. The monoisotopic (exact) mass is 299 g/mol. The third-order valence-corrected chi connectivity index (χ3v) is 4.94. The van der Waals surface area contributed by atoms with Gasteiger partial charge in [0.25, 0.3) is 5.91 Å². The number of nitrogens with zero attached hydrogens (tertiary/aromatic N) is 1. The van der Waals surface area contributed by atoms with Gasteiger partial charge in [0.2, 0.25) is 0 Å². The molecule has 1 amide bonds. The number of piperidine rings is 1. The summed E-state index contributed by atoms with van der Waals surface area (Å²) >= 11 is 0. The van der Waals surface area contributed by atoms with Crippen molar-refractivity contribution in [3.63, 3.8) is 0 Å². The van der Waals surface area contributed by atoms with Crippen LogP contribution in [-0.4, -0.2) is 68.8 Å². The molecule has 0 aromatic rings. The molecule has 3 N–H and O–H groups in total. The SMILES string of the molecule is C[C@@H]1CCC[C@H](C)N1C(=O)C[NH2+]CCC[NH+]1CCOCC1. The average molecular weight is 299 g/mol. The zero-order chi connectivity index (χ0) is 15.1. The zero-order valence-corrected chi connectivity index (χ0v) is 13.8. The Hall–Kier alpha value is -0.650. The van der Waals surface area contributed by atoms with Crippen LogP contribution in [0.1, 0.15) is 39.5 Å². The Balaban J connectivity index is 1.58. The van der Waals surface area contributed by atoms with Gasteiger partial charge in [-0.3, -0.25) is 4.79 Å². The minimum Gasteiger partial charge on any atom is -0.370 e. The first-order valence-corrected chi connectivity index (χ1v) is 8.72. The number of carbonyl (C=O) groups is 1. The normalized spacial score (nSPS) is 27.8. The van der Waals surface area contributed by atoms with E-state index in [4.69, 9.17) is 4.74 Å². The van der Waals surface area contributed by atoms with Crippen LogP contribution in [0.4, 0.5) is 0 Å². The van der Waals surface area contributed by atoms with Gasteiger partial charge >= 0.3 is 0 Å². The van der Waals surface area contributed by atoms with Crippen LogP contribution in [0.2, 0.25) is 0 Å². The fraction of sp³-hybridized carbons (Fsp3) is 0.938. The van der Waals surface area contributed by atoms with Crippen LogP contribution in [0.3, 0.4) is 0 Å². The molecule has 0 spiro atoms. The van der Waals surface area contributed by atoms with Crippen LogP contribution in [0, 0.1) is 0 Å². The van der Waals surface area contributed by atoms with Crippen LogP contribution in [-0.2, 0) is 9.53 Å². The molecule has 5 nitrogen and oxygen atoms in total. The summed E-state index contributed by atoms with van der Waals surface area (Å²) in [6.45, 7) is 11.4. The Kier molecular flexibility index (Phi) is 6.93. The predicted octanol–water partition coefficient (Wildman–Crippen LogP) is -1.36. The lowest BCUT2D eigenvalue weighted by Gasteiger charge is -2.38. The second kappa shape index (κ2) is 8.71. The van der Waals surface area contributed by atoms with Gasteiger partial charge in [-0.1, -0.05) is 0 Å². The Morgan fingerprint density at radius 3 is 2.57 bits per heavy atom. The lowest BCUT2D eigenvalue weighted by Crippen LogP contribution is -3.14. The molecule has 2 saturated heterocycles. The second-order valence-electron chi connectivity index (χ2n) is 6.68. The van der Waals surface area contributed by atoms with Gasteiger partial charge in [-0.2, -0.15) is 0 Å². The minimum atomic E-state index is 0.327. The van der Waals surface area contributed by atoms with Crippen molar-refractivity contribution in [1.82, 2.24) is 4.90 Å². The summed E-state index contributed by atoms with van der Waals surface area (Å²) in [5, 5.41) is 2.19. The summed E-state index contributed by atoms with van der Waals surface area (Å²) in [6.07, 6.45) is 4.78. The molecule has 0 bridgehead atoms. The van der Waals surface area contributed by atoms with Gasteiger partial charge in [-0.05, 0) is 33.1 Å². The van der Waals surface area contributed by atoms with Gasteiger partial charge in [-0.25, -0.2) is 0 Å². The van der Waals surface area contributed by atoms with Gasteiger partial charge in [0, 0.05) is 18.5 Å². The highest BCUT2D eigenvalue weighted by Crippen LogP contribution is 2.21. The van der Waals surface area contributed by atoms with Gasteiger partial charge in [-0.15, -0.1) is 0 Å². The Morgan fingerprint density at radius 1 is 1.24 bits per heavy atom. The molecule has 2 fully saturated rings. The van der Waals surface area contributed by atoms with Gasteiger partial charge in [0.15, 0.2) is 6.54 Å². The number of quaternary nitrogens is 2. The van der Waals surface area contributed by atoms with Gasteiger partial charge < -0.3 is 19.9 Å². The van der Waals surface area contributed by atoms with Crippen molar-refractivity contribution < 1.29 is 19.7 Å². The standard InChI is InChI=1S/C16H31N3O2/c1-14-5-3-6-15(2)19(14)16(20)13-17-7-4-8-18-9-11-21-12-10-18/h14-15,17H,3-13H2,1-2H3/p+2/t14-,15+. The molecule has 0 aromatic carbocycles. The first-order valence-electron chi connectivity index (χ1n) is 8.72. The molecule has 0 aromatic heterocycles. The number of rotatable bonds is 6. The molecule has 0 saturated carbocycles. The van der Waals surface area contributed by atoms with Gasteiger partial charge in [0.1, 0.15) is 13.1 Å². The van der Waals surface area contributed by atoms with Crippen LogP contribution in [0.5, 0.6) is 0 Å². The van der Waals surface area contributed by atoms with E-state index in [1.807, 2.05) is 0 Å². The van der Waals surface area contributed by atoms with Crippen molar-refractivity contribution in [2.45, 2.75) is 51.6 Å². The molecule has 2 rings (SSSR count). The number of amides is 1. The summed E-state index contributed by atoms with van der Waals surface area (Å²) in [5.41, 5.74) is 0. The molecule has 122 valence electrons. The molecule has 0 unspecified atom stereocenters. The highest BCUT2D eigenvalue weighted by molar-refractivity contribution is 5.77. The van der Waals surface area contributed by atoms with E-state index >= 15 is 0 Å². The molecule has 0 aliphatic carbocycles. The number of likely N-dealkylation sites (tertiary alicyclic amines) is 1. The fourth-order valence-electron chi connectivity index (χ4n) is 3.65. The third kappa shape index (κ3) is 5.24. The largest absolute Gasteiger partial charge is 0.370 e. The fourth-order valence-corrected chi connectivity index (χ4v) is 3.65. The van der Waals surface area contributed by atoms with Crippen molar-refractivity contribution in [1.29, 1.82) is 0 Å². The molecule has 0 radical (unpaired) electrons. The van der Waals surface area contributed by atoms with Crippen LogP contribution in [0.25, 0.3) is 0 Å². The Labute approximate surface area is 129 Å². The summed E-state index contributed by atoms with van der Waals surface area (Å²) < 4.78 is 5.37.